The summed E-state index contributed by atoms with van der Waals surface area (Å²) < 4.78 is 13.7. The van der Waals surface area contributed by atoms with Crippen LogP contribution in [0.5, 0.6) is 0 Å². The minimum Gasteiger partial charge on any atom is -0.319 e. The Morgan fingerprint density at radius 1 is 1.29 bits per heavy atom. The quantitative estimate of drug-likeness (QED) is 0.689. The maximum Gasteiger partial charge on any atom is 0.270 e. The molecule has 2 aromatic rings. The smallest absolute Gasteiger partial charge is 0.270 e. The fourth-order valence-corrected chi connectivity index (χ4v) is 1.92. The number of benzene rings is 2. The van der Waals surface area contributed by atoms with Crippen molar-refractivity contribution < 1.29 is 14.1 Å². The molecule has 1 amide bonds. The highest BCUT2D eigenvalue weighted by Gasteiger charge is 2.17. The molecule has 0 aromatic heterocycles. The van der Waals surface area contributed by atoms with Gasteiger partial charge in [0.15, 0.2) is 0 Å². The number of hydrogen-bond donors (Lipinski definition) is 1. The van der Waals surface area contributed by atoms with E-state index in [0.717, 1.165) is 6.07 Å². The molecule has 21 heavy (non-hydrogen) atoms. The number of carbonyl (C=O) groups is 1. The summed E-state index contributed by atoms with van der Waals surface area (Å²) >= 11 is 5.85. The lowest BCUT2D eigenvalue weighted by atomic mass is 10.1. The highest BCUT2D eigenvalue weighted by Crippen LogP contribution is 2.24. The molecule has 0 radical (unpaired) electrons. The fraction of sp³-hybridized carbons (Fsp3) is 0.0714. The van der Waals surface area contributed by atoms with Gasteiger partial charge in [-0.15, -0.1) is 0 Å². The molecule has 0 saturated carbocycles. The average Bonchev–Trinajstić information content (AvgIpc) is 2.42. The van der Waals surface area contributed by atoms with Gasteiger partial charge in [-0.2, -0.15) is 0 Å². The third-order valence-electron chi connectivity index (χ3n) is 2.78. The molecular weight excluding hydrogens is 299 g/mol. The normalized spacial score (nSPS) is 10.2. The van der Waals surface area contributed by atoms with Crippen LogP contribution >= 0.6 is 11.6 Å². The number of amides is 1. The molecule has 0 bridgehead atoms. The van der Waals surface area contributed by atoms with Gasteiger partial charge in [0.05, 0.1) is 21.2 Å². The Balaban J connectivity index is 2.32. The molecule has 0 heterocycles. The number of non-ortho nitro benzene ring substituents is 1. The molecular formula is C14H10ClFN2O3. The Labute approximate surface area is 124 Å². The van der Waals surface area contributed by atoms with E-state index in [-0.39, 0.29) is 22.0 Å². The van der Waals surface area contributed by atoms with Crippen molar-refractivity contribution in [1.82, 2.24) is 0 Å². The van der Waals surface area contributed by atoms with Crippen molar-refractivity contribution in [3.8, 4) is 0 Å². The first kappa shape index (κ1) is 14.9. The lowest BCUT2D eigenvalue weighted by Crippen LogP contribution is -2.14. The predicted molar refractivity (Wildman–Crippen MR) is 77.2 cm³/mol. The monoisotopic (exact) mass is 308 g/mol. The van der Waals surface area contributed by atoms with Gasteiger partial charge in [0, 0.05) is 12.1 Å². The number of carbonyl (C=O) groups excluding carboxylic acids is 1. The van der Waals surface area contributed by atoms with Gasteiger partial charge in [-0.05, 0) is 30.7 Å². The first-order valence-corrected chi connectivity index (χ1v) is 6.27. The van der Waals surface area contributed by atoms with Gasteiger partial charge in [-0.25, -0.2) is 4.39 Å². The fourth-order valence-electron chi connectivity index (χ4n) is 1.71. The standard InChI is InChI=1S/C14H10ClFN2O3/c1-8-2-5-13(12(16)6-8)17-14(19)10-7-9(18(20)21)3-4-11(10)15/h2-7H,1H3,(H,17,19). The molecule has 5 nitrogen and oxygen atoms in total. The molecule has 0 aliphatic rings. The third-order valence-corrected chi connectivity index (χ3v) is 3.11. The van der Waals surface area contributed by atoms with Crippen LogP contribution in [0.25, 0.3) is 0 Å². The van der Waals surface area contributed by atoms with Gasteiger partial charge in [0.25, 0.3) is 11.6 Å². The van der Waals surface area contributed by atoms with Crippen LogP contribution < -0.4 is 5.32 Å². The molecule has 0 unspecified atom stereocenters. The van der Waals surface area contributed by atoms with Crippen molar-refractivity contribution in [2.75, 3.05) is 5.32 Å². The maximum atomic E-state index is 13.7. The summed E-state index contributed by atoms with van der Waals surface area (Å²) in [5, 5.41) is 13.1. The van der Waals surface area contributed by atoms with E-state index in [1.54, 1.807) is 13.0 Å². The van der Waals surface area contributed by atoms with Crippen molar-refractivity contribution in [3.63, 3.8) is 0 Å². The molecule has 0 aliphatic heterocycles. The Kier molecular flexibility index (Phi) is 4.18. The topological polar surface area (TPSA) is 72.2 Å². The summed E-state index contributed by atoms with van der Waals surface area (Å²) in [6.07, 6.45) is 0. The highest BCUT2D eigenvalue weighted by atomic mass is 35.5. The third kappa shape index (κ3) is 3.35. The van der Waals surface area contributed by atoms with Crippen LogP contribution in [0.1, 0.15) is 15.9 Å². The number of nitrogens with one attached hydrogen (secondary N) is 1. The second-order valence-corrected chi connectivity index (χ2v) is 4.77. The van der Waals surface area contributed by atoms with E-state index in [4.69, 9.17) is 11.6 Å². The summed E-state index contributed by atoms with van der Waals surface area (Å²) in [5.74, 6) is -1.31. The van der Waals surface area contributed by atoms with E-state index in [2.05, 4.69) is 5.32 Å². The number of halogens is 2. The Hall–Kier alpha value is -2.47. The van der Waals surface area contributed by atoms with Crippen molar-refractivity contribution >= 4 is 28.9 Å². The summed E-state index contributed by atoms with van der Waals surface area (Å²) in [6, 6.07) is 7.79. The van der Waals surface area contributed by atoms with Gasteiger partial charge in [0.1, 0.15) is 5.82 Å². The molecule has 2 aromatic carbocycles. The average molecular weight is 309 g/mol. The van der Waals surface area contributed by atoms with E-state index in [1.165, 1.54) is 24.3 Å². The molecule has 108 valence electrons. The minimum absolute atomic E-state index is 0.0202. The van der Waals surface area contributed by atoms with Gasteiger partial charge in [-0.3, -0.25) is 14.9 Å². The summed E-state index contributed by atoms with van der Waals surface area (Å²) in [6.45, 7) is 1.71. The molecule has 1 N–H and O–H groups in total. The number of aryl methyl sites for hydroxylation is 1. The lowest BCUT2D eigenvalue weighted by molar-refractivity contribution is -0.384. The largest absolute Gasteiger partial charge is 0.319 e. The number of anilines is 1. The van der Waals surface area contributed by atoms with Crippen LogP contribution in [-0.4, -0.2) is 10.8 Å². The van der Waals surface area contributed by atoms with Crippen LogP contribution in [0.3, 0.4) is 0 Å². The van der Waals surface area contributed by atoms with E-state index in [1.807, 2.05) is 0 Å². The highest BCUT2D eigenvalue weighted by molar-refractivity contribution is 6.34. The second kappa shape index (κ2) is 5.88. The molecule has 7 heteroatoms. The van der Waals surface area contributed by atoms with Crippen LogP contribution in [-0.2, 0) is 0 Å². The van der Waals surface area contributed by atoms with E-state index >= 15 is 0 Å². The summed E-state index contributed by atoms with van der Waals surface area (Å²) in [7, 11) is 0. The van der Waals surface area contributed by atoms with Gasteiger partial charge in [0.2, 0.25) is 0 Å². The molecule has 0 saturated heterocycles. The summed E-state index contributed by atoms with van der Waals surface area (Å²) in [4.78, 5) is 22.1. The van der Waals surface area contributed by atoms with Crippen molar-refractivity contribution in [2.24, 2.45) is 0 Å². The Morgan fingerprint density at radius 3 is 2.62 bits per heavy atom. The minimum atomic E-state index is -0.716. The van der Waals surface area contributed by atoms with Crippen LogP contribution in [0, 0.1) is 22.9 Å². The summed E-state index contributed by atoms with van der Waals surface area (Å²) in [5.41, 5.74) is 0.326. The molecule has 0 fully saturated rings. The predicted octanol–water partition coefficient (Wildman–Crippen LogP) is 3.95. The van der Waals surface area contributed by atoms with Crippen molar-refractivity contribution in [1.29, 1.82) is 0 Å². The van der Waals surface area contributed by atoms with Gasteiger partial charge < -0.3 is 5.32 Å². The van der Waals surface area contributed by atoms with Crippen molar-refractivity contribution in [3.05, 3.63) is 68.5 Å². The van der Waals surface area contributed by atoms with Crippen LogP contribution in [0.15, 0.2) is 36.4 Å². The lowest BCUT2D eigenvalue weighted by Gasteiger charge is -2.08. The van der Waals surface area contributed by atoms with Crippen LogP contribution in [0.2, 0.25) is 5.02 Å². The Morgan fingerprint density at radius 2 is 2.00 bits per heavy atom. The van der Waals surface area contributed by atoms with E-state index in [0.29, 0.717) is 5.56 Å². The zero-order valence-corrected chi connectivity index (χ0v) is 11.6. The number of rotatable bonds is 3. The number of nitro groups is 1. The number of nitro benzene ring substituents is 1. The first-order chi connectivity index (χ1) is 9.88. The molecule has 0 atom stereocenters. The first-order valence-electron chi connectivity index (χ1n) is 5.90. The van der Waals surface area contributed by atoms with E-state index in [9.17, 15) is 19.3 Å². The maximum absolute atomic E-state index is 13.7. The number of nitrogens with zero attached hydrogens (tertiary/aromatic N) is 1. The molecule has 0 aliphatic carbocycles. The van der Waals surface area contributed by atoms with Gasteiger partial charge >= 0.3 is 0 Å². The van der Waals surface area contributed by atoms with Crippen molar-refractivity contribution in [2.45, 2.75) is 6.92 Å². The van der Waals surface area contributed by atoms with Gasteiger partial charge in [-0.1, -0.05) is 17.7 Å². The molecule has 2 rings (SSSR count). The Bertz CT molecular complexity index is 734. The van der Waals surface area contributed by atoms with E-state index < -0.39 is 16.6 Å². The zero-order chi connectivity index (χ0) is 15.6. The molecule has 0 spiro atoms. The van der Waals surface area contributed by atoms with Crippen LogP contribution in [0.4, 0.5) is 15.8 Å². The SMILES string of the molecule is Cc1ccc(NC(=O)c2cc([N+](=O)[O-])ccc2Cl)c(F)c1. The number of hydrogen-bond acceptors (Lipinski definition) is 3. The zero-order valence-electron chi connectivity index (χ0n) is 10.9. The second-order valence-electron chi connectivity index (χ2n) is 4.36.